The molecular formula is C16H16BrFO3. The summed E-state index contributed by atoms with van der Waals surface area (Å²) in [6, 6.07) is 9.63. The van der Waals surface area contributed by atoms with Crippen molar-refractivity contribution in [1.29, 1.82) is 0 Å². The van der Waals surface area contributed by atoms with E-state index in [4.69, 9.17) is 9.47 Å². The Morgan fingerprint density at radius 1 is 1.29 bits per heavy atom. The first-order chi connectivity index (χ1) is 10.1. The van der Waals surface area contributed by atoms with Crippen LogP contribution < -0.4 is 9.47 Å². The smallest absolute Gasteiger partial charge is 0.133 e. The highest BCUT2D eigenvalue weighted by atomic mass is 79.9. The van der Waals surface area contributed by atoms with Crippen LogP contribution in [0.25, 0.3) is 0 Å². The molecule has 0 aromatic heterocycles. The van der Waals surface area contributed by atoms with Gasteiger partial charge in [0.1, 0.15) is 23.4 Å². The summed E-state index contributed by atoms with van der Waals surface area (Å²) >= 11 is 3.38. The molecule has 0 saturated heterocycles. The third-order valence-corrected chi connectivity index (χ3v) is 3.77. The molecule has 0 radical (unpaired) electrons. The van der Waals surface area contributed by atoms with Crippen molar-refractivity contribution in [2.45, 2.75) is 13.0 Å². The number of rotatable bonds is 5. The highest BCUT2D eigenvalue weighted by molar-refractivity contribution is 9.10. The van der Waals surface area contributed by atoms with E-state index in [-0.39, 0.29) is 5.56 Å². The zero-order valence-corrected chi connectivity index (χ0v) is 13.4. The van der Waals surface area contributed by atoms with Crippen molar-refractivity contribution in [2.75, 3.05) is 13.7 Å². The van der Waals surface area contributed by atoms with Gasteiger partial charge in [-0.3, -0.25) is 0 Å². The number of hydrogen-bond donors (Lipinski definition) is 1. The van der Waals surface area contributed by atoms with E-state index in [0.29, 0.717) is 28.1 Å². The van der Waals surface area contributed by atoms with E-state index in [0.717, 1.165) is 0 Å². The topological polar surface area (TPSA) is 38.7 Å². The van der Waals surface area contributed by atoms with Gasteiger partial charge in [-0.25, -0.2) is 4.39 Å². The lowest BCUT2D eigenvalue weighted by Gasteiger charge is -2.17. The quantitative estimate of drug-likeness (QED) is 0.879. The van der Waals surface area contributed by atoms with Crippen LogP contribution in [0.1, 0.15) is 24.2 Å². The molecule has 2 rings (SSSR count). The summed E-state index contributed by atoms with van der Waals surface area (Å²) in [5.41, 5.74) is 0.659. The minimum absolute atomic E-state index is 0.116. The molecule has 0 amide bonds. The van der Waals surface area contributed by atoms with Crippen LogP contribution in [0.5, 0.6) is 11.5 Å². The molecule has 0 heterocycles. The fraction of sp³-hybridized carbons (Fsp3) is 0.250. The molecule has 112 valence electrons. The van der Waals surface area contributed by atoms with Crippen LogP contribution in [0.2, 0.25) is 0 Å². The summed E-state index contributed by atoms with van der Waals surface area (Å²) in [6.07, 6.45) is -1.13. The lowest BCUT2D eigenvalue weighted by Crippen LogP contribution is -2.06. The van der Waals surface area contributed by atoms with Crippen LogP contribution in [-0.4, -0.2) is 18.8 Å². The van der Waals surface area contributed by atoms with Gasteiger partial charge in [0.2, 0.25) is 0 Å². The lowest BCUT2D eigenvalue weighted by molar-refractivity contribution is 0.208. The lowest BCUT2D eigenvalue weighted by atomic mass is 10.00. The van der Waals surface area contributed by atoms with E-state index < -0.39 is 11.9 Å². The van der Waals surface area contributed by atoms with Gasteiger partial charge in [-0.1, -0.05) is 28.1 Å². The van der Waals surface area contributed by atoms with Gasteiger partial charge >= 0.3 is 0 Å². The molecule has 5 heteroatoms. The van der Waals surface area contributed by atoms with Crippen molar-refractivity contribution in [3.8, 4) is 11.5 Å². The maximum Gasteiger partial charge on any atom is 0.133 e. The SMILES string of the molecule is CCOc1ccc(C(O)c2c(F)cccc2OC)c(Br)c1. The second kappa shape index (κ2) is 6.91. The maximum atomic E-state index is 14.0. The highest BCUT2D eigenvalue weighted by Crippen LogP contribution is 2.36. The monoisotopic (exact) mass is 354 g/mol. The number of benzene rings is 2. The summed E-state index contributed by atoms with van der Waals surface area (Å²) in [7, 11) is 1.44. The highest BCUT2D eigenvalue weighted by Gasteiger charge is 2.22. The van der Waals surface area contributed by atoms with E-state index in [1.165, 1.54) is 19.2 Å². The van der Waals surface area contributed by atoms with Crippen molar-refractivity contribution in [3.05, 3.63) is 57.8 Å². The fourth-order valence-corrected chi connectivity index (χ4v) is 2.68. The Balaban J connectivity index is 2.43. The van der Waals surface area contributed by atoms with Crippen molar-refractivity contribution >= 4 is 15.9 Å². The predicted molar refractivity (Wildman–Crippen MR) is 82.3 cm³/mol. The Morgan fingerprint density at radius 2 is 2.05 bits per heavy atom. The van der Waals surface area contributed by atoms with Gasteiger partial charge in [0.25, 0.3) is 0 Å². The zero-order chi connectivity index (χ0) is 15.4. The standard InChI is InChI=1S/C16H16BrFO3/c1-3-21-10-7-8-11(12(17)9-10)16(19)15-13(18)5-4-6-14(15)20-2/h4-9,16,19H,3H2,1-2H3. The van der Waals surface area contributed by atoms with E-state index in [2.05, 4.69) is 15.9 Å². The van der Waals surface area contributed by atoms with E-state index in [9.17, 15) is 9.50 Å². The molecule has 0 aliphatic rings. The van der Waals surface area contributed by atoms with Gasteiger partial charge in [-0.05, 0) is 36.8 Å². The third kappa shape index (κ3) is 3.36. The molecule has 3 nitrogen and oxygen atoms in total. The Labute approximate surface area is 131 Å². The van der Waals surface area contributed by atoms with Crippen LogP contribution in [0, 0.1) is 5.82 Å². The Bertz CT molecular complexity index is 631. The largest absolute Gasteiger partial charge is 0.496 e. The predicted octanol–water partition coefficient (Wildman–Crippen LogP) is 4.08. The molecule has 1 N–H and O–H groups in total. The van der Waals surface area contributed by atoms with Crippen molar-refractivity contribution in [2.24, 2.45) is 0 Å². The fourth-order valence-electron chi connectivity index (χ4n) is 2.10. The minimum atomic E-state index is -1.13. The maximum absolute atomic E-state index is 14.0. The van der Waals surface area contributed by atoms with Gasteiger partial charge < -0.3 is 14.6 Å². The van der Waals surface area contributed by atoms with E-state index >= 15 is 0 Å². The molecule has 2 aromatic carbocycles. The zero-order valence-electron chi connectivity index (χ0n) is 11.8. The molecule has 0 saturated carbocycles. The summed E-state index contributed by atoms with van der Waals surface area (Å²) in [5.74, 6) is 0.478. The number of ether oxygens (including phenoxy) is 2. The number of halogens is 2. The number of aliphatic hydroxyl groups is 1. The van der Waals surface area contributed by atoms with Gasteiger partial charge in [0, 0.05) is 4.47 Å². The van der Waals surface area contributed by atoms with Crippen molar-refractivity contribution in [1.82, 2.24) is 0 Å². The molecule has 21 heavy (non-hydrogen) atoms. The van der Waals surface area contributed by atoms with Crippen molar-refractivity contribution in [3.63, 3.8) is 0 Å². The average Bonchev–Trinajstić information content (AvgIpc) is 2.46. The first kappa shape index (κ1) is 15.8. The van der Waals surface area contributed by atoms with Crippen molar-refractivity contribution < 1.29 is 19.0 Å². The molecular weight excluding hydrogens is 339 g/mol. The second-order valence-electron chi connectivity index (χ2n) is 4.37. The minimum Gasteiger partial charge on any atom is -0.496 e. The molecule has 0 bridgehead atoms. The molecule has 0 fully saturated rings. The van der Waals surface area contributed by atoms with Crippen LogP contribution >= 0.6 is 15.9 Å². The average molecular weight is 355 g/mol. The van der Waals surface area contributed by atoms with Gasteiger partial charge in [-0.2, -0.15) is 0 Å². The van der Waals surface area contributed by atoms with E-state index in [1.54, 1.807) is 24.3 Å². The Kier molecular flexibility index (Phi) is 5.20. The Morgan fingerprint density at radius 3 is 2.67 bits per heavy atom. The van der Waals surface area contributed by atoms with Gasteiger partial charge in [0.05, 0.1) is 19.3 Å². The summed E-state index contributed by atoms with van der Waals surface area (Å²) in [5, 5.41) is 10.5. The van der Waals surface area contributed by atoms with Gasteiger partial charge in [-0.15, -0.1) is 0 Å². The van der Waals surface area contributed by atoms with Crippen LogP contribution in [0.4, 0.5) is 4.39 Å². The molecule has 2 aromatic rings. The summed E-state index contributed by atoms with van der Waals surface area (Å²) in [4.78, 5) is 0. The second-order valence-corrected chi connectivity index (χ2v) is 5.23. The van der Waals surface area contributed by atoms with Crippen LogP contribution in [0.3, 0.4) is 0 Å². The van der Waals surface area contributed by atoms with Gasteiger partial charge in [0.15, 0.2) is 0 Å². The van der Waals surface area contributed by atoms with Crippen LogP contribution in [0.15, 0.2) is 40.9 Å². The molecule has 0 spiro atoms. The molecule has 1 atom stereocenters. The third-order valence-electron chi connectivity index (χ3n) is 3.08. The number of hydrogen-bond acceptors (Lipinski definition) is 3. The summed E-state index contributed by atoms with van der Waals surface area (Å²) in [6.45, 7) is 2.44. The normalized spacial score (nSPS) is 12.0. The first-order valence-electron chi connectivity index (χ1n) is 6.51. The molecule has 1 unspecified atom stereocenters. The van der Waals surface area contributed by atoms with E-state index in [1.807, 2.05) is 6.92 Å². The molecule has 0 aliphatic heterocycles. The summed E-state index contributed by atoms with van der Waals surface area (Å²) < 4.78 is 25.2. The molecule has 0 aliphatic carbocycles. The first-order valence-corrected chi connectivity index (χ1v) is 7.30. The number of aliphatic hydroxyl groups excluding tert-OH is 1. The number of methoxy groups -OCH3 is 1. The Hall–Kier alpha value is -1.59. The van der Waals surface area contributed by atoms with Crippen LogP contribution in [-0.2, 0) is 0 Å².